The zero-order valence-electron chi connectivity index (χ0n) is 12.2. The number of rotatable bonds is 6. The van der Waals surface area contributed by atoms with Crippen LogP contribution in [0.5, 0.6) is 0 Å². The second kappa shape index (κ2) is 7.49. The highest BCUT2D eigenvalue weighted by molar-refractivity contribution is 7.89. The van der Waals surface area contributed by atoms with Gasteiger partial charge in [-0.15, -0.1) is 0 Å². The third-order valence-corrected chi connectivity index (χ3v) is 4.78. The number of ether oxygens (including phenoxy) is 1. The van der Waals surface area contributed by atoms with Crippen molar-refractivity contribution in [1.29, 1.82) is 0 Å². The number of nitrogens with zero attached hydrogens (tertiary/aromatic N) is 1. The summed E-state index contributed by atoms with van der Waals surface area (Å²) in [5.41, 5.74) is -0.207. The molecular formula is C13H17N3O6S. The van der Waals surface area contributed by atoms with Crippen LogP contribution in [0.3, 0.4) is 0 Å². The van der Waals surface area contributed by atoms with Crippen molar-refractivity contribution >= 4 is 21.6 Å². The number of carbonyl (C=O) groups excluding carboxylic acids is 1. The molecule has 1 saturated heterocycles. The van der Waals surface area contributed by atoms with Crippen LogP contribution in [-0.4, -0.2) is 45.0 Å². The molecule has 0 aromatic heterocycles. The zero-order valence-corrected chi connectivity index (χ0v) is 13.0. The van der Waals surface area contributed by atoms with Crippen LogP contribution in [0, 0.1) is 10.1 Å². The quantitative estimate of drug-likeness (QED) is 0.560. The van der Waals surface area contributed by atoms with Gasteiger partial charge in [0.2, 0.25) is 15.9 Å². The number of amides is 1. The van der Waals surface area contributed by atoms with Crippen LogP contribution in [0.4, 0.5) is 5.69 Å². The number of benzene rings is 1. The Kier molecular flexibility index (Phi) is 5.64. The second-order valence-corrected chi connectivity index (χ2v) is 6.80. The van der Waals surface area contributed by atoms with E-state index in [1.165, 1.54) is 0 Å². The van der Waals surface area contributed by atoms with Gasteiger partial charge >= 0.3 is 0 Å². The number of hydrogen-bond acceptors (Lipinski definition) is 6. The third kappa shape index (κ3) is 4.98. The van der Waals surface area contributed by atoms with Crippen molar-refractivity contribution < 1.29 is 22.9 Å². The van der Waals surface area contributed by atoms with Crippen LogP contribution >= 0.6 is 0 Å². The van der Waals surface area contributed by atoms with Crippen LogP contribution in [0.1, 0.15) is 12.8 Å². The van der Waals surface area contributed by atoms with E-state index in [2.05, 4.69) is 10.0 Å². The molecule has 0 unspecified atom stereocenters. The highest BCUT2D eigenvalue weighted by Crippen LogP contribution is 2.15. The van der Waals surface area contributed by atoms with Gasteiger partial charge in [0.25, 0.3) is 5.69 Å². The predicted molar refractivity (Wildman–Crippen MR) is 80.3 cm³/mol. The van der Waals surface area contributed by atoms with E-state index < -0.39 is 27.4 Å². The molecule has 0 aliphatic carbocycles. The number of hydrogen-bond donors (Lipinski definition) is 2. The molecule has 1 aliphatic rings. The summed E-state index contributed by atoms with van der Waals surface area (Å²) in [7, 11) is -3.90. The highest BCUT2D eigenvalue weighted by atomic mass is 32.2. The fourth-order valence-corrected chi connectivity index (χ4v) is 3.09. The van der Waals surface area contributed by atoms with E-state index >= 15 is 0 Å². The maximum absolute atomic E-state index is 12.0. The van der Waals surface area contributed by atoms with Crippen molar-refractivity contribution in [2.45, 2.75) is 23.8 Å². The van der Waals surface area contributed by atoms with Gasteiger partial charge in [0, 0.05) is 31.4 Å². The number of nitro groups is 1. The molecule has 10 heteroatoms. The first-order valence-electron chi connectivity index (χ1n) is 7.00. The Morgan fingerprint density at radius 3 is 2.43 bits per heavy atom. The first kappa shape index (κ1) is 17.3. The van der Waals surface area contributed by atoms with E-state index in [0.29, 0.717) is 26.1 Å². The summed E-state index contributed by atoms with van der Waals surface area (Å²) in [6.07, 6.45) is 1.39. The lowest BCUT2D eigenvalue weighted by molar-refractivity contribution is -0.384. The number of sulfonamides is 1. The standard InChI is InChI=1S/C13H17N3O6S/c17-13(15-10-5-7-22-8-6-10)9-14-23(20,21)12-3-1-11(2-4-12)16(18)19/h1-4,10,14H,5-9H2,(H,15,17). The van der Waals surface area contributed by atoms with Gasteiger partial charge in [0.1, 0.15) is 0 Å². The van der Waals surface area contributed by atoms with E-state index in [0.717, 1.165) is 24.3 Å². The van der Waals surface area contributed by atoms with Gasteiger partial charge in [-0.3, -0.25) is 14.9 Å². The van der Waals surface area contributed by atoms with Crippen LogP contribution in [0.2, 0.25) is 0 Å². The predicted octanol–water partition coefficient (Wildman–Crippen LogP) is 0.168. The summed E-state index contributed by atoms with van der Waals surface area (Å²) in [6, 6.07) is 4.42. The first-order valence-corrected chi connectivity index (χ1v) is 8.48. The van der Waals surface area contributed by atoms with Crippen LogP contribution in [-0.2, 0) is 19.6 Å². The van der Waals surface area contributed by atoms with E-state index in [4.69, 9.17) is 4.74 Å². The van der Waals surface area contributed by atoms with Gasteiger partial charge in [0.05, 0.1) is 16.4 Å². The molecule has 0 atom stereocenters. The van der Waals surface area contributed by atoms with Gasteiger partial charge in [-0.25, -0.2) is 13.1 Å². The largest absolute Gasteiger partial charge is 0.381 e. The van der Waals surface area contributed by atoms with Gasteiger partial charge in [-0.05, 0) is 25.0 Å². The van der Waals surface area contributed by atoms with Crippen molar-refractivity contribution in [3.63, 3.8) is 0 Å². The van der Waals surface area contributed by atoms with Crippen LogP contribution in [0.15, 0.2) is 29.2 Å². The molecule has 1 fully saturated rings. The molecule has 0 bridgehead atoms. The van der Waals surface area contributed by atoms with E-state index in [9.17, 15) is 23.3 Å². The molecule has 2 N–H and O–H groups in total. The molecular weight excluding hydrogens is 326 g/mol. The average Bonchev–Trinajstić information content (AvgIpc) is 2.54. The normalized spacial score (nSPS) is 16.0. The number of non-ortho nitro benzene ring substituents is 1. The van der Waals surface area contributed by atoms with E-state index in [1.807, 2.05) is 0 Å². The highest BCUT2D eigenvalue weighted by Gasteiger charge is 2.19. The van der Waals surface area contributed by atoms with E-state index in [-0.39, 0.29) is 16.6 Å². The summed E-state index contributed by atoms with van der Waals surface area (Å²) in [5, 5.41) is 13.3. The summed E-state index contributed by atoms with van der Waals surface area (Å²) in [6.45, 7) is 0.746. The molecule has 0 radical (unpaired) electrons. The summed E-state index contributed by atoms with van der Waals surface area (Å²) >= 11 is 0. The Bertz CT molecular complexity index is 667. The summed E-state index contributed by atoms with van der Waals surface area (Å²) < 4.78 is 31.4. The lowest BCUT2D eigenvalue weighted by Crippen LogP contribution is -2.44. The van der Waals surface area contributed by atoms with Gasteiger partial charge in [-0.2, -0.15) is 0 Å². The van der Waals surface area contributed by atoms with Crippen LogP contribution in [0.25, 0.3) is 0 Å². The lowest BCUT2D eigenvalue weighted by Gasteiger charge is -2.23. The third-order valence-electron chi connectivity index (χ3n) is 3.37. The summed E-state index contributed by atoms with van der Waals surface area (Å²) in [4.78, 5) is 21.6. The van der Waals surface area contributed by atoms with Crippen molar-refractivity contribution in [2.24, 2.45) is 0 Å². The van der Waals surface area contributed by atoms with Gasteiger partial charge in [-0.1, -0.05) is 0 Å². The van der Waals surface area contributed by atoms with Crippen LogP contribution < -0.4 is 10.0 Å². The molecule has 1 aromatic rings. The Balaban J connectivity index is 1.90. The number of nitrogens with one attached hydrogen (secondary N) is 2. The molecule has 1 aromatic carbocycles. The molecule has 1 heterocycles. The molecule has 23 heavy (non-hydrogen) atoms. The lowest BCUT2D eigenvalue weighted by atomic mass is 10.1. The molecule has 0 spiro atoms. The van der Waals surface area contributed by atoms with E-state index in [1.54, 1.807) is 0 Å². The minimum atomic E-state index is -3.90. The second-order valence-electron chi connectivity index (χ2n) is 5.03. The molecule has 1 amide bonds. The topological polar surface area (TPSA) is 128 Å². The minimum Gasteiger partial charge on any atom is -0.381 e. The summed E-state index contributed by atoms with van der Waals surface area (Å²) in [5.74, 6) is -0.428. The van der Waals surface area contributed by atoms with Crippen molar-refractivity contribution in [3.8, 4) is 0 Å². The molecule has 0 saturated carbocycles. The van der Waals surface area contributed by atoms with Crippen molar-refractivity contribution in [2.75, 3.05) is 19.8 Å². The zero-order chi connectivity index (χ0) is 16.9. The monoisotopic (exact) mass is 343 g/mol. The number of nitro benzene ring substituents is 1. The Hall–Kier alpha value is -2.04. The molecule has 1 aliphatic heterocycles. The average molecular weight is 343 g/mol. The Morgan fingerprint density at radius 1 is 1.26 bits per heavy atom. The smallest absolute Gasteiger partial charge is 0.269 e. The SMILES string of the molecule is O=C(CNS(=O)(=O)c1ccc([N+](=O)[O-])cc1)NC1CCOCC1. The molecule has 2 rings (SSSR count). The fraction of sp³-hybridized carbons (Fsp3) is 0.462. The van der Waals surface area contributed by atoms with Crippen molar-refractivity contribution in [3.05, 3.63) is 34.4 Å². The molecule has 9 nitrogen and oxygen atoms in total. The first-order chi connectivity index (χ1) is 10.9. The maximum atomic E-state index is 12.0. The molecule has 126 valence electrons. The number of carbonyl (C=O) groups is 1. The van der Waals surface area contributed by atoms with Gasteiger partial charge in [0.15, 0.2) is 0 Å². The minimum absolute atomic E-state index is 0.0138. The van der Waals surface area contributed by atoms with Crippen molar-refractivity contribution in [1.82, 2.24) is 10.0 Å². The Morgan fingerprint density at radius 2 is 1.87 bits per heavy atom. The Labute approximate surface area is 133 Å². The van der Waals surface area contributed by atoms with Gasteiger partial charge < -0.3 is 10.1 Å². The maximum Gasteiger partial charge on any atom is 0.269 e. The fourth-order valence-electron chi connectivity index (χ4n) is 2.11.